The second kappa shape index (κ2) is 7.72. The third-order valence-electron chi connectivity index (χ3n) is 3.44. The number of nitrogens with zero attached hydrogens (tertiary/aromatic N) is 4. The van der Waals surface area contributed by atoms with Crippen LogP contribution in [0.2, 0.25) is 5.02 Å². The van der Waals surface area contributed by atoms with Crippen molar-refractivity contribution < 1.29 is 4.79 Å². The highest BCUT2D eigenvalue weighted by molar-refractivity contribution is 7.18. The smallest absolute Gasteiger partial charge is 0.260 e. The molecule has 0 saturated heterocycles. The SMILES string of the molecule is CC(C)CN(C(=O)c1cccc(Cl)c1)c1nnc(-c2ccncc2)s1. The minimum absolute atomic E-state index is 0.131. The summed E-state index contributed by atoms with van der Waals surface area (Å²) in [5.74, 6) is 0.157. The van der Waals surface area contributed by atoms with Crippen LogP contribution in [-0.4, -0.2) is 27.6 Å². The summed E-state index contributed by atoms with van der Waals surface area (Å²) in [6.45, 7) is 4.67. The fourth-order valence-electron chi connectivity index (χ4n) is 2.33. The average molecular weight is 373 g/mol. The van der Waals surface area contributed by atoms with Gasteiger partial charge in [0.15, 0.2) is 0 Å². The van der Waals surface area contributed by atoms with Gasteiger partial charge in [0.05, 0.1) is 0 Å². The highest BCUT2D eigenvalue weighted by Crippen LogP contribution is 2.30. The Labute approximate surface area is 155 Å². The molecule has 0 radical (unpaired) electrons. The van der Waals surface area contributed by atoms with Gasteiger partial charge in [0.1, 0.15) is 5.01 Å². The molecule has 25 heavy (non-hydrogen) atoms. The number of halogens is 1. The summed E-state index contributed by atoms with van der Waals surface area (Å²) < 4.78 is 0. The Morgan fingerprint density at radius 3 is 2.64 bits per heavy atom. The van der Waals surface area contributed by atoms with Crippen molar-refractivity contribution in [3.05, 3.63) is 59.4 Å². The first-order chi connectivity index (χ1) is 12.0. The van der Waals surface area contributed by atoms with Crippen LogP contribution in [0.25, 0.3) is 10.6 Å². The fourth-order valence-corrected chi connectivity index (χ4v) is 3.37. The number of hydrogen-bond acceptors (Lipinski definition) is 5. The molecular formula is C18H17ClN4OS. The van der Waals surface area contributed by atoms with E-state index in [0.717, 1.165) is 10.6 Å². The average Bonchev–Trinajstić information content (AvgIpc) is 3.09. The molecule has 0 fully saturated rings. The van der Waals surface area contributed by atoms with Gasteiger partial charge in [-0.1, -0.05) is 42.9 Å². The van der Waals surface area contributed by atoms with Crippen LogP contribution < -0.4 is 4.90 Å². The molecule has 0 bridgehead atoms. The van der Waals surface area contributed by atoms with Crippen molar-refractivity contribution in [2.75, 3.05) is 11.4 Å². The molecule has 3 aromatic rings. The van der Waals surface area contributed by atoms with Crippen LogP contribution in [0.4, 0.5) is 5.13 Å². The van der Waals surface area contributed by atoms with Gasteiger partial charge in [0.25, 0.3) is 5.91 Å². The largest absolute Gasteiger partial charge is 0.282 e. The van der Waals surface area contributed by atoms with E-state index in [4.69, 9.17) is 11.6 Å². The van der Waals surface area contributed by atoms with Crippen molar-refractivity contribution in [2.24, 2.45) is 5.92 Å². The monoisotopic (exact) mass is 372 g/mol. The maximum absolute atomic E-state index is 13.0. The van der Waals surface area contributed by atoms with Crippen LogP contribution in [0, 0.1) is 5.92 Å². The predicted octanol–water partition coefficient (Wildman–Crippen LogP) is 4.56. The van der Waals surface area contributed by atoms with Crippen molar-refractivity contribution >= 4 is 34.0 Å². The second-order valence-corrected chi connectivity index (χ2v) is 7.34. The van der Waals surface area contributed by atoms with E-state index in [0.29, 0.717) is 22.3 Å². The minimum Gasteiger partial charge on any atom is -0.282 e. The van der Waals surface area contributed by atoms with E-state index in [9.17, 15) is 4.79 Å². The minimum atomic E-state index is -0.131. The molecule has 7 heteroatoms. The van der Waals surface area contributed by atoms with Crippen molar-refractivity contribution in [3.8, 4) is 10.6 Å². The normalized spacial score (nSPS) is 10.9. The number of amides is 1. The van der Waals surface area contributed by atoms with Crippen molar-refractivity contribution in [3.63, 3.8) is 0 Å². The summed E-state index contributed by atoms with van der Waals surface area (Å²) >= 11 is 7.41. The Kier molecular flexibility index (Phi) is 5.40. The molecule has 5 nitrogen and oxygen atoms in total. The van der Waals surface area contributed by atoms with E-state index in [-0.39, 0.29) is 11.8 Å². The lowest BCUT2D eigenvalue weighted by molar-refractivity contribution is 0.0983. The lowest BCUT2D eigenvalue weighted by Crippen LogP contribution is -2.34. The van der Waals surface area contributed by atoms with Gasteiger partial charge in [-0.15, -0.1) is 10.2 Å². The van der Waals surface area contributed by atoms with E-state index in [1.165, 1.54) is 11.3 Å². The Hall–Kier alpha value is -2.31. The molecule has 0 atom stereocenters. The number of hydrogen-bond donors (Lipinski definition) is 0. The van der Waals surface area contributed by atoms with E-state index in [1.807, 2.05) is 12.1 Å². The number of rotatable bonds is 5. The topological polar surface area (TPSA) is 59.0 Å². The van der Waals surface area contributed by atoms with Crippen LogP contribution in [-0.2, 0) is 0 Å². The van der Waals surface area contributed by atoms with E-state index in [1.54, 1.807) is 41.6 Å². The maximum Gasteiger partial charge on any atom is 0.260 e. The standard InChI is InChI=1S/C18H17ClN4OS/c1-12(2)11-23(17(24)14-4-3-5-15(19)10-14)18-22-21-16(25-18)13-6-8-20-9-7-13/h3-10,12H,11H2,1-2H3. The van der Waals surface area contributed by atoms with Gasteiger partial charge >= 0.3 is 0 Å². The van der Waals surface area contributed by atoms with Gasteiger partial charge in [0, 0.05) is 35.1 Å². The fraction of sp³-hybridized carbons (Fsp3) is 0.222. The zero-order valence-electron chi connectivity index (χ0n) is 13.9. The molecule has 0 spiro atoms. The van der Waals surface area contributed by atoms with Gasteiger partial charge in [-0.3, -0.25) is 14.7 Å². The maximum atomic E-state index is 13.0. The number of anilines is 1. The molecule has 0 aliphatic rings. The highest BCUT2D eigenvalue weighted by atomic mass is 35.5. The number of carbonyl (C=O) groups excluding carboxylic acids is 1. The molecule has 128 valence electrons. The number of pyridine rings is 1. The zero-order chi connectivity index (χ0) is 17.8. The third kappa shape index (κ3) is 4.21. The lowest BCUT2D eigenvalue weighted by atomic mass is 10.1. The second-order valence-electron chi connectivity index (χ2n) is 5.95. The van der Waals surface area contributed by atoms with Gasteiger partial charge in [-0.05, 0) is 36.2 Å². The van der Waals surface area contributed by atoms with Crippen LogP contribution in [0.15, 0.2) is 48.8 Å². The van der Waals surface area contributed by atoms with Crippen molar-refractivity contribution in [1.82, 2.24) is 15.2 Å². The van der Waals surface area contributed by atoms with Gasteiger partial charge in [0.2, 0.25) is 5.13 Å². The molecular weight excluding hydrogens is 356 g/mol. The Balaban J connectivity index is 1.94. The predicted molar refractivity (Wildman–Crippen MR) is 101 cm³/mol. The van der Waals surface area contributed by atoms with E-state index >= 15 is 0 Å². The summed E-state index contributed by atoms with van der Waals surface area (Å²) in [4.78, 5) is 18.6. The third-order valence-corrected chi connectivity index (χ3v) is 4.67. The Morgan fingerprint density at radius 1 is 1.20 bits per heavy atom. The first-order valence-electron chi connectivity index (χ1n) is 7.86. The molecule has 0 aliphatic carbocycles. The Morgan fingerprint density at radius 2 is 1.96 bits per heavy atom. The molecule has 2 heterocycles. The zero-order valence-corrected chi connectivity index (χ0v) is 15.5. The van der Waals surface area contributed by atoms with Crippen LogP contribution in [0.5, 0.6) is 0 Å². The quantitative estimate of drug-likeness (QED) is 0.658. The molecule has 1 amide bonds. The lowest BCUT2D eigenvalue weighted by Gasteiger charge is -2.21. The van der Waals surface area contributed by atoms with E-state index < -0.39 is 0 Å². The summed E-state index contributed by atoms with van der Waals surface area (Å²) in [5.41, 5.74) is 1.47. The molecule has 0 saturated carbocycles. The number of aromatic nitrogens is 3. The molecule has 0 N–H and O–H groups in total. The van der Waals surface area contributed by atoms with Gasteiger partial charge < -0.3 is 0 Å². The van der Waals surface area contributed by atoms with Crippen LogP contribution in [0.1, 0.15) is 24.2 Å². The van der Waals surface area contributed by atoms with Crippen molar-refractivity contribution in [1.29, 1.82) is 0 Å². The molecule has 3 rings (SSSR count). The van der Waals surface area contributed by atoms with Crippen molar-refractivity contribution in [2.45, 2.75) is 13.8 Å². The summed E-state index contributed by atoms with van der Waals surface area (Å²) in [7, 11) is 0. The highest BCUT2D eigenvalue weighted by Gasteiger charge is 2.23. The molecule has 0 unspecified atom stereocenters. The van der Waals surface area contributed by atoms with Gasteiger partial charge in [-0.2, -0.15) is 0 Å². The number of benzene rings is 1. The number of carbonyl (C=O) groups is 1. The van der Waals surface area contributed by atoms with Gasteiger partial charge in [-0.25, -0.2) is 0 Å². The summed E-state index contributed by atoms with van der Waals surface area (Å²) in [6, 6.07) is 10.7. The van der Waals surface area contributed by atoms with Crippen LogP contribution >= 0.6 is 22.9 Å². The first kappa shape index (κ1) is 17.5. The first-order valence-corrected chi connectivity index (χ1v) is 9.05. The molecule has 0 aliphatic heterocycles. The summed E-state index contributed by atoms with van der Waals surface area (Å²) in [5, 5.41) is 10.3. The molecule has 1 aromatic carbocycles. The van der Waals surface area contributed by atoms with E-state index in [2.05, 4.69) is 29.0 Å². The van der Waals surface area contributed by atoms with Crippen LogP contribution in [0.3, 0.4) is 0 Å². The summed E-state index contributed by atoms with van der Waals surface area (Å²) in [6.07, 6.45) is 3.42. The Bertz CT molecular complexity index is 866. The molecule has 2 aromatic heterocycles.